The molecule has 7 heteroatoms. The Labute approximate surface area is 178 Å². The molecule has 4 unspecified atom stereocenters. The smallest absolute Gasteiger partial charge is 0.191 e. The van der Waals surface area contributed by atoms with Gasteiger partial charge in [-0.25, -0.2) is 0 Å². The molecule has 1 heterocycles. The zero-order chi connectivity index (χ0) is 17.6. The quantitative estimate of drug-likeness (QED) is 0.346. The van der Waals surface area contributed by atoms with E-state index in [9.17, 15) is 0 Å². The second-order valence-corrected chi connectivity index (χ2v) is 7.27. The maximum absolute atomic E-state index is 6.10. The van der Waals surface area contributed by atoms with E-state index in [4.69, 9.17) is 21.1 Å². The molecule has 1 saturated heterocycles. The van der Waals surface area contributed by atoms with Gasteiger partial charge in [-0.2, -0.15) is 0 Å². The lowest BCUT2D eigenvalue weighted by atomic mass is 10.1. The van der Waals surface area contributed by atoms with Gasteiger partial charge >= 0.3 is 0 Å². The standard InChI is InChI=1S/C19H28ClN3O2.HI/c1-3-21-19(22-13(2)11-25-16-7-8-24-12-16)23-18-10-17(18)14-5-4-6-15(20)9-14;/h4-6,9,13,16-18H,3,7-8,10-12H2,1-2H3,(H2,21,22,23);1H. The highest BCUT2D eigenvalue weighted by atomic mass is 127. The topological polar surface area (TPSA) is 54.9 Å². The van der Waals surface area contributed by atoms with Crippen LogP contribution < -0.4 is 10.6 Å². The Hall–Kier alpha value is -0.570. The lowest BCUT2D eigenvalue weighted by Gasteiger charge is -2.20. The number of aliphatic imine (C=N–C) groups is 1. The van der Waals surface area contributed by atoms with Crippen LogP contribution in [0.1, 0.15) is 38.2 Å². The van der Waals surface area contributed by atoms with E-state index in [-0.39, 0.29) is 36.1 Å². The van der Waals surface area contributed by atoms with Gasteiger partial charge in [-0.3, -0.25) is 4.99 Å². The molecule has 2 aliphatic rings. The summed E-state index contributed by atoms with van der Waals surface area (Å²) in [7, 11) is 0. The summed E-state index contributed by atoms with van der Waals surface area (Å²) < 4.78 is 11.2. The molecule has 26 heavy (non-hydrogen) atoms. The van der Waals surface area contributed by atoms with Crippen molar-refractivity contribution in [1.82, 2.24) is 10.6 Å². The van der Waals surface area contributed by atoms with Crippen molar-refractivity contribution in [2.24, 2.45) is 4.99 Å². The molecule has 0 radical (unpaired) electrons. The van der Waals surface area contributed by atoms with Crippen LogP contribution in [0.2, 0.25) is 5.02 Å². The highest BCUT2D eigenvalue weighted by Crippen LogP contribution is 2.41. The molecule has 146 valence electrons. The van der Waals surface area contributed by atoms with Crippen LogP contribution in [0.25, 0.3) is 0 Å². The number of nitrogens with zero attached hydrogens (tertiary/aromatic N) is 1. The molecule has 1 saturated carbocycles. The molecule has 2 fully saturated rings. The van der Waals surface area contributed by atoms with Gasteiger partial charge in [0.2, 0.25) is 0 Å². The molecule has 0 bridgehead atoms. The number of hydrogen-bond donors (Lipinski definition) is 2. The Morgan fingerprint density at radius 2 is 2.31 bits per heavy atom. The maximum atomic E-state index is 6.10. The molecule has 5 nitrogen and oxygen atoms in total. The Morgan fingerprint density at radius 3 is 3.00 bits per heavy atom. The predicted octanol–water partition coefficient (Wildman–Crippen LogP) is 3.56. The molecule has 1 aromatic carbocycles. The van der Waals surface area contributed by atoms with Gasteiger partial charge in [-0.05, 0) is 44.4 Å². The fraction of sp³-hybridized carbons (Fsp3) is 0.632. The summed E-state index contributed by atoms with van der Waals surface area (Å²) in [5.74, 6) is 1.36. The maximum Gasteiger partial charge on any atom is 0.191 e. The molecular formula is C19H29ClIN3O2. The van der Waals surface area contributed by atoms with E-state index < -0.39 is 0 Å². The first-order valence-electron chi connectivity index (χ1n) is 9.18. The van der Waals surface area contributed by atoms with Crippen molar-refractivity contribution in [3.8, 4) is 0 Å². The lowest BCUT2D eigenvalue weighted by Crippen LogP contribution is -2.45. The van der Waals surface area contributed by atoms with Crippen molar-refractivity contribution in [3.05, 3.63) is 34.9 Å². The highest BCUT2D eigenvalue weighted by Gasteiger charge is 2.39. The Bertz CT molecular complexity index is 596. The molecule has 0 aromatic heterocycles. The molecule has 2 N–H and O–H groups in total. The van der Waals surface area contributed by atoms with Crippen molar-refractivity contribution in [1.29, 1.82) is 0 Å². The third-order valence-corrected chi connectivity index (χ3v) is 4.79. The fourth-order valence-electron chi connectivity index (χ4n) is 3.13. The van der Waals surface area contributed by atoms with Gasteiger partial charge in [0.25, 0.3) is 0 Å². The van der Waals surface area contributed by atoms with Crippen molar-refractivity contribution < 1.29 is 9.47 Å². The van der Waals surface area contributed by atoms with Crippen LogP contribution in [0.4, 0.5) is 0 Å². The van der Waals surface area contributed by atoms with E-state index in [1.54, 1.807) is 0 Å². The summed E-state index contributed by atoms with van der Waals surface area (Å²) in [5.41, 5.74) is 1.29. The minimum Gasteiger partial charge on any atom is -0.379 e. The number of halogens is 2. The average Bonchev–Trinajstić information content (AvgIpc) is 3.15. The second kappa shape index (κ2) is 10.7. The van der Waals surface area contributed by atoms with Crippen molar-refractivity contribution in [2.45, 2.75) is 50.8 Å². The molecule has 1 aliphatic heterocycles. The number of nitrogens with one attached hydrogen (secondary N) is 2. The first-order valence-corrected chi connectivity index (χ1v) is 9.55. The largest absolute Gasteiger partial charge is 0.379 e. The highest BCUT2D eigenvalue weighted by molar-refractivity contribution is 14.0. The third-order valence-electron chi connectivity index (χ3n) is 4.56. The summed E-state index contributed by atoms with van der Waals surface area (Å²) in [6.07, 6.45) is 2.33. The summed E-state index contributed by atoms with van der Waals surface area (Å²) >= 11 is 6.10. The number of ether oxygens (including phenoxy) is 2. The van der Waals surface area contributed by atoms with E-state index in [0.29, 0.717) is 25.2 Å². The van der Waals surface area contributed by atoms with E-state index in [2.05, 4.69) is 34.7 Å². The first-order chi connectivity index (χ1) is 12.2. The van der Waals surface area contributed by atoms with Crippen LogP contribution in [0, 0.1) is 0 Å². The number of benzene rings is 1. The average molecular weight is 494 g/mol. The molecule has 0 spiro atoms. The third kappa shape index (κ3) is 6.55. The summed E-state index contributed by atoms with van der Waals surface area (Å²) in [5, 5.41) is 7.77. The first kappa shape index (κ1) is 21.7. The van der Waals surface area contributed by atoms with Crippen LogP contribution >= 0.6 is 35.6 Å². The summed E-state index contributed by atoms with van der Waals surface area (Å²) in [4.78, 5) is 4.56. The van der Waals surface area contributed by atoms with Gasteiger partial charge in [0.05, 0.1) is 19.3 Å². The van der Waals surface area contributed by atoms with Gasteiger partial charge in [0.1, 0.15) is 0 Å². The van der Waals surface area contributed by atoms with Gasteiger partial charge in [0.15, 0.2) is 5.96 Å². The Kier molecular flexibility index (Phi) is 8.93. The lowest BCUT2D eigenvalue weighted by molar-refractivity contribution is 0.0347. The summed E-state index contributed by atoms with van der Waals surface area (Å²) in [6, 6.07) is 8.73. The minimum absolute atomic E-state index is 0. The molecule has 4 atom stereocenters. The van der Waals surface area contributed by atoms with Crippen LogP contribution in [0.5, 0.6) is 0 Å². The van der Waals surface area contributed by atoms with Gasteiger partial charge < -0.3 is 20.1 Å². The van der Waals surface area contributed by atoms with Gasteiger partial charge in [-0.1, -0.05) is 23.7 Å². The SMILES string of the molecule is CCN=C(NC(C)COC1CCOC1)NC1CC1c1cccc(Cl)c1.I. The Balaban J connectivity index is 0.00000243. The van der Waals surface area contributed by atoms with Crippen LogP contribution in [0.15, 0.2) is 29.3 Å². The second-order valence-electron chi connectivity index (χ2n) is 6.84. The number of guanidine groups is 1. The van der Waals surface area contributed by atoms with Crippen molar-refractivity contribution in [2.75, 3.05) is 26.4 Å². The van der Waals surface area contributed by atoms with Crippen molar-refractivity contribution >= 4 is 41.5 Å². The molecule has 1 aromatic rings. The minimum atomic E-state index is 0. The van der Waals surface area contributed by atoms with Crippen LogP contribution in [0.3, 0.4) is 0 Å². The van der Waals surface area contributed by atoms with Gasteiger partial charge in [0, 0.05) is 36.2 Å². The van der Waals surface area contributed by atoms with Gasteiger partial charge in [-0.15, -0.1) is 24.0 Å². The summed E-state index contributed by atoms with van der Waals surface area (Å²) in [6.45, 7) is 7.08. The van der Waals surface area contributed by atoms with Crippen LogP contribution in [-0.2, 0) is 9.47 Å². The number of rotatable bonds is 7. The van der Waals surface area contributed by atoms with Crippen molar-refractivity contribution in [3.63, 3.8) is 0 Å². The van der Waals surface area contributed by atoms with E-state index in [0.717, 1.165) is 37.0 Å². The fourth-order valence-corrected chi connectivity index (χ4v) is 3.33. The van der Waals surface area contributed by atoms with E-state index >= 15 is 0 Å². The van der Waals surface area contributed by atoms with Crippen LogP contribution in [-0.4, -0.2) is 50.5 Å². The predicted molar refractivity (Wildman–Crippen MR) is 117 cm³/mol. The zero-order valence-corrected chi connectivity index (χ0v) is 18.5. The normalized spacial score (nSPS) is 26.1. The monoisotopic (exact) mass is 493 g/mol. The zero-order valence-electron chi connectivity index (χ0n) is 15.4. The Morgan fingerprint density at radius 1 is 1.46 bits per heavy atom. The molecule has 0 amide bonds. The van der Waals surface area contributed by atoms with E-state index in [1.165, 1.54) is 5.56 Å². The number of hydrogen-bond acceptors (Lipinski definition) is 3. The molecular weight excluding hydrogens is 465 g/mol. The molecule has 1 aliphatic carbocycles. The molecule has 3 rings (SSSR count). The van der Waals surface area contributed by atoms with E-state index in [1.807, 2.05) is 19.1 Å².